The molecule has 0 aliphatic heterocycles. The molecular weight excluding hydrogens is 546 g/mol. The summed E-state index contributed by atoms with van der Waals surface area (Å²) in [6.07, 6.45) is 12.7. The molecule has 2 heterocycles. The van der Waals surface area contributed by atoms with Crippen LogP contribution in [-0.4, -0.2) is 31.2 Å². The Balaban J connectivity index is 1.28. The van der Waals surface area contributed by atoms with E-state index in [4.69, 9.17) is 9.15 Å². The van der Waals surface area contributed by atoms with E-state index in [9.17, 15) is 8.42 Å². The van der Waals surface area contributed by atoms with Crippen molar-refractivity contribution in [1.82, 2.24) is 9.97 Å². The number of rotatable bonds is 8. The highest BCUT2D eigenvalue weighted by Gasteiger charge is 2.17. The van der Waals surface area contributed by atoms with Crippen molar-refractivity contribution in [1.29, 1.82) is 0 Å². The fourth-order valence-corrected chi connectivity index (χ4v) is 5.75. The molecule has 0 fully saturated rings. The third-order valence-electron chi connectivity index (χ3n) is 7.14. The highest BCUT2D eigenvalue weighted by atomic mass is 32.2. The van der Waals surface area contributed by atoms with Gasteiger partial charge >= 0.3 is 0 Å². The molecule has 8 heteroatoms. The number of allylic oxidation sites excluding steroid dienone is 6. The topological polar surface area (TPSA) is 94.3 Å². The van der Waals surface area contributed by atoms with Gasteiger partial charge in [-0.3, -0.25) is 4.98 Å². The summed E-state index contributed by atoms with van der Waals surface area (Å²) >= 11 is 0. The van der Waals surface area contributed by atoms with Crippen molar-refractivity contribution < 1.29 is 17.6 Å². The number of ether oxygens (including phenoxy) is 1. The number of aromatic nitrogens is 2. The Morgan fingerprint density at radius 1 is 0.905 bits per heavy atom. The molecule has 210 valence electrons. The zero-order valence-corrected chi connectivity index (χ0v) is 24.1. The van der Waals surface area contributed by atoms with Gasteiger partial charge in [-0.15, -0.1) is 0 Å². The van der Waals surface area contributed by atoms with Gasteiger partial charge in [0.25, 0.3) is 6.01 Å². The summed E-state index contributed by atoms with van der Waals surface area (Å²) in [7, 11) is -1.87. The molecule has 0 atom stereocenters. The van der Waals surface area contributed by atoms with Gasteiger partial charge in [-0.2, -0.15) is 0 Å². The number of fused-ring (bicyclic) bond motifs is 1. The molecule has 0 unspecified atom stereocenters. The van der Waals surface area contributed by atoms with E-state index in [-0.39, 0.29) is 16.7 Å². The van der Waals surface area contributed by atoms with Gasteiger partial charge in [0, 0.05) is 22.7 Å². The Bertz CT molecular complexity index is 1990. The predicted molar refractivity (Wildman–Crippen MR) is 167 cm³/mol. The van der Waals surface area contributed by atoms with Crippen LogP contribution in [0.15, 0.2) is 119 Å². The molecule has 2 aromatic heterocycles. The summed E-state index contributed by atoms with van der Waals surface area (Å²) in [4.78, 5) is 9.23. The monoisotopic (exact) mass is 575 g/mol. The van der Waals surface area contributed by atoms with Crippen molar-refractivity contribution in [2.24, 2.45) is 0 Å². The maximum atomic E-state index is 12.4. The van der Waals surface area contributed by atoms with Crippen molar-refractivity contribution in [3.63, 3.8) is 0 Å². The van der Waals surface area contributed by atoms with E-state index in [0.29, 0.717) is 17.2 Å². The van der Waals surface area contributed by atoms with Crippen LogP contribution in [0.3, 0.4) is 0 Å². The Hall–Kier alpha value is -4.95. The molecule has 1 aliphatic carbocycles. The van der Waals surface area contributed by atoms with Crippen molar-refractivity contribution >= 4 is 43.6 Å². The molecule has 7 nitrogen and oxygen atoms in total. The van der Waals surface area contributed by atoms with Gasteiger partial charge in [0.15, 0.2) is 15.6 Å². The van der Waals surface area contributed by atoms with Crippen LogP contribution in [-0.2, 0) is 9.84 Å². The predicted octanol–water partition coefficient (Wildman–Crippen LogP) is 7.86. The van der Waals surface area contributed by atoms with Crippen LogP contribution in [0.5, 0.6) is 5.75 Å². The quantitative estimate of drug-likeness (QED) is 0.201. The maximum absolute atomic E-state index is 12.4. The number of pyridine rings is 1. The van der Waals surface area contributed by atoms with Gasteiger partial charge in [0.05, 0.1) is 35.2 Å². The van der Waals surface area contributed by atoms with Gasteiger partial charge in [0.2, 0.25) is 0 Å². The van der Waals surface area contributed by atoms with Crippen molar-refractivity contribution in [2.75, 3.05) is 18.2 Å². The second-order valence-electron chi connectivity index (χ2n) is 9.81. The number of nitrogens with one attached hydrogen (secondary N) is 1. The van der Waals surface area contributed by atoms with Crippen molar-refractivity contribution in [3.8, 4) is 16.9 Å². The van der Waals surface area contributed by atoms with Crippen LogP contribution in [0.2, 0.25) is 0 Å². The zero-order chi connectivity index (χ0) is 29.1. The summed E-state index contributed by atoms with van der Waals surface area (Å²) in [5, 5.41) is 4.18. The van der Waals surface area contributed by atoms with Gasteiger partial charge < -0.3 is 14.5 Å². The first-order valence-corrected chi connectivity index (χ1v) is 15.3. The van der Waals surface area contributed by atoms with Crippen LogP contribution in [0, 0.1) is 0 Å². The lowest BCUT2D eigenvalue weighted by molar-refractivity contribution is 0.416. The van der Waals surface area contributed by atoms with Crippen LogP contribution in [0.1, 0.15) is 24.7 Å². The van der Waals surface area contributed by atoms with Gasteiger partial charge in [-0.05, 0) is 65.6 Å². The van der Waals surface area contributed by atoms with E-state index < -0.39 is 9.84 Å². The van der Waals surface area contributed by atoms with E-state index in [0.717, 1.165) is 45.2 Å². The lowest BCUT2D eigenvalue weighted by Crippen LogP contribution is -2.05. The number of methoxy groups -OCH3 is 1. The summed E-state index contributed by atoms with van der Waals surface area (Å²) in [5.41, 5.74) is 6.57. The molecule has 6 rings (SSSR count). The fourth-order valence-electron chi connectivity index (χ4n) is 4.85. The molecule has 0 saturated heterocycles. The molecule has 0 amide bonds. The van der Waals surface area contributed by atoms with Gasteiger partial charge in [-0.1, -0.05) is 61.5 Å². The number of nitrogens with zero attached hydrogens (tertiary/aromatic N) is 2. The molecule has 42 heavy (non-hydrogen) atoms. The first kappa shape index (κ1) is 27.2. The second-order valence-corrected chi connectivity index (χ2v) is 12.1. The fraction of sp³-hybridized carbons (Fsp3) is 0.118. The SMILES string of the molecule is CCS(=O)(=O)c1ccc(OC)c(Nc2ncc(C3=CCC=CC(c4cccc(-c5cnc6ccccc6c5)c4)=C3)o2)c1. The number of benzene rings is 3. The molecule has 1 aliphatic rings. The summed E-state index contributed by atoms with van der Waals surface area (Å²) in [5.74, 6) is 1.07. The lowest BCUT2D eigenvalue weighted by Gasteiger charge is -2.11. The van der Waals surface area contributed by atoms with Crippen LogP contribution >= 0.6 is 0 Å². The van der Waals surface area contributed by atoms with E-state index in [1.807, 2.05) is 24.4 Å². The minimum Gasteiger partial charge on any atom is -0.495 e. The van der Waals surface area contributed by atoms with Crippen LogP contribution in [0.25, 0.3) is 33.2 Å². The number of hydrogen-bond acceptors (Lipinski definition) is 7. The molecule has 0 radical (unpaired) electrons. The molecule has 0 spiro atoms. The van der Waals surface area contributed by atoms with Crippen LogP contribution in [0.4, 0.5) is 11.7 Å². The number of para-hydroxylation sites is 1. The van der Waals surface area contributed by atoms with E-state index >= 15 is 0 Å². The maximum Gasteiger partial charge on any atom is 0.299 e. The van der Waals surface area contributed by atoms with Gasteiger partial charge in [-0.25, -0.2) is 13.4 Å². The highest BCUT2D eigenvalue weighted by Crippen LogP contribution is 2.34. The summed E-state index contributed by atoms with van der Waals surface area (Å²) < 4.78 is 36.3. The Morgan fingerprint density at radius 2 is 1.76 bits per heavy atom. The third-order valence-corrected chi connectivity index (χ3v) is 8.88. The van der Waals surface area contributed by atoms with Crippen LogP contribution < -0.4 is 10.1 Å². The largest absolute Gasteiger partial charge is 0.495 e. The molecule has 1 N–H and O–H groups in total. The smallest absolute Gasteiger partial charge is 0.299 e. The summed E-state index contributed by atoms with van der Waals surface area (Å²) in [6.45, 7) is 1.61. The van der Waals surface area contributed by atoms with Gasteiger partial charge in [0.1, 0.15) is 5.75 Å². The highest BCUT2D eigenvalue weighted by molar-refractivity contribution is 7.91. The Morgan fingerprint density at radius 3 is 2.62 bits per heavy atom. The van der Waals surface area contributed by atoms with E-state index in [2.05, 4.69) is 76.0 Å². The molecule has 5 aromatic rings. The third kappa shape index (κ3) is 5.62. The average molecular weight is 576 g/mol. The van der Waals surface area contributed by atoms with E-state index in [1.165, 1.54) is 19.2 Å². The minimum absolute atomic E-state index is 0.000825. The second kappa shape index (κ2) is 11.5. The Labute approximate surface area is 244 Å². The molecule has 3 aromatic carbocycles. The minimum atomic E-state index is -3.39. The number of oxazole rings is 1. The first-order chi connectivity index (χ1) is 20.4. The van der Waals surface area contributed by atoms with Crippen molar-refractivity contribution in [2.45, 2.75) is 18.2 Å². The molecule has 0 bridgehead atoms. The number of anilines is 2. The molecule has 0 saturated carbocycles. The standard InChI is InChI=1S/C34H29N3O4S/c1-3-42(38,39)29-15-16-32(40-2)31(20-29)37-34-36-22-33(41-34)27-11-5-4-9-23(18-27)24-12-8-13-25(17-24)28-19-26-10-6-7-14-30(26)35-21-28/h4,6-22H,3,5H2,1-2H3,(H,36,37). The number of hydrogen-bond donors (Lipinski definition) is 1. The average Bonchev–Trinajstić information content (AvgIpc) is 3.35. The van der Waals surface area contributed by atoms with E-state index in [1.54, 1.807) is 19.2 Å². The molecular formula is C34H29N3O4S. The lowest BCUT2D eigenvalue weighted by atomic mass is 9.97. The first-order valence-electron chi connectivity index (χ1n) is 13.6. The number of sulfone groups is 1. The normalized spacial score (nSPS) is 13.4. The van der Waals surface area contributed by atoms with Crippen molar-refractivity contribution in [3.05, 3.63) is 121 Å². The Kier molecular flexibility index (Phi) is 7.46. The zero-order valence-electron chi connectivity index (χ0n) is 23.2. The summed E-state index contributed by atoms with van der Waals surface area (Å²) in [6, 6.07) is 23.6.